The molecule has 0 aliphatic rings. The maximum atomic E-state index is 11.9. The van der Waals surface area contributed by atoms with E-state index in [9.17, 15) is 4.79 Å². The summed E-state index contributed by atoms with van der Waals surface area (Å²) in [5, 5.41) is 2.89. The van der Waals surface area contributed by atoms with Crippen LogP contribution < -0.4 is 11.1 Å². The summed E-state index contributed by atoms with van der Waals surface area (Å²) in [6.45, 7) is 7.61. The van der Waals surface area contributed by atoms with Crippen molar-refractivity contribution in [2.45, 2.75) is 39.7 Å². The molecule has 0 fully saturated rings. The lowest BCUT2D eigenvalue weighted by Gasteiger charge is -2.22. The number of hydrogen-bond acceptors (Lipinski definition) is 3. The smallest absolute Gasteiger partial charge is 0.227 e. The summed E-state index contributed by atoms with van der Waals surface area (Å²) in [5.74, 6) is -0.0610. The molecule has 0 atom stereocenters. The normalized spacial score (nSPS) is 11.4. The van der Waals surface area contributed by atoms with Gasteiger partial charge in [-0.3, -0.25) is 4.79 Å². The van der Waals surface area contributed by atoms with Gasteiger partial charge in [-0.25, -0.2) is 0 Å². The van der Waals surface area contributed by atoms with Gasteiger partial charge in [0.25, 0.3) is 0 Å². The number of hydrogen-bond donors (Lipinski definition) is 2. The van der Waals surface area contributed by atoms with Crippen molar-refractivity contribution in [1.82, 2.24) is 0 Å². The first-order valence-corrected chi connectivity index (χ1v) is 5.97. The quantitative estimate of drug-likeness (QED) is 0.807. The standard InChI is InChI=1S/C14H22N2O2/c1-9-7-12(10(2)6-11(9)15)16-13(17)8-14(3,4)18-5/h6-7H,8,15H2,1-5H3,(H,16,17). The van der Waals surface area contributed by atoms with Crippen LogP contribution in [0.4, 0.5) is 11.4 Å². The van der Waals surface area contributed by atoms with E-state index >= 15 is 0 Å². The average Bonchev–Trinajstić information content (AvgIpc) is 2.25. The van der Waals surface area contributed by atoms with Gasteiger partial charge in [-0.15, -0.1) is 0 Å². The number of rotatable bonds is 4. The second-order valence-electron chi connectivity index (χ2n) is 5.21. The zero-order chi connectivity index (χ0) is 13.9. The molecule has 0 heterocycles. The molecule has 0 spiro atoms. The Labute approximate surface area is 109 Å². The molecule has 1 rings (SSSR count). The first-order valence-electron chi connectivity index (χ1n) is 5.97. The minimum Gasteiger partial charge on any atom is -0.399 e. The zero-order valence-corrected chi connectivity index (χ0v) is 11.8. The molecular formula is C14H22N2O2. The number of ether oxygens (including phenoxy) is 1. The van der Waals surface area contributed by atoms with Gasteiger partial charge < -0.3 is 15.8 Å². The summed E-state index contributed by atoms with van der Waals surface area (Å²) in [5.41, 5.74) is 8.82. The average molecular weight is 250 g/mol. The van der Waals surface area contributed by atoms with Crippen molar-refractivity contribution in [3.63, 3.8) is 0 Å². The number of carbonyl (C=O) groups excluding carboxylic acids is 1. The molecule has 0 radical (unpaired) electrons. The number of nitrogens with one attached hydrogen (secondary N) is 1. The van der Waals surface area contributed by atoms with Gasteiger partial charge in [0.15, 0.2) is 0 Å². The Morgan fingerprint density at radius 1 is 1.33 bits per heavy atom. The van der Waals surface area contributed by atoms with Crippen LogP contribution in [0.2, 0.25) is 0 Å². The number of benzene rings is 1. The predicted molar refractivity (Wildman–Crippen MR) is 74.7 cm³/mol. The Morgan fingerprint density at radius 2 is 1.94 bits per heavy atom. The molecular weight excluding hydrogens is 228 g/mol. The van der Waals surface area contributed by atoms with E-state index in [1.807, 2.05) is 39.8 Å². The van der Waals surface area contributed by atoms with Gasteiger partial charge in [-0.1, -0.05) is 0 Å². The van der Waals surface area contributed by atoms with Gasteiger partial charge in [0.1, 0.15) is 0 Å². The van der Waals surface area contributed by atoms with Crippen LogP contribution in [0, 0.1) is 13.8 Å². The molecule has 0 aliphatic carbocycles. The van der Waals surface area contributed by atoms with Gasteiger partial charge in [0, 0.05) is 18.5 Å². The molecule has 1 aromatic rings. The molecule has 3 N–H and O–H groups in total. The van der Waals surface area contributed by atoms with Crippen molar-refractivity contribution in [3.05, 3.63) is 23.3 Å². The molecule has 1 amide bonds. The third-order valence-corrected chi connectivity index (χ3v) is 3.03. The van der Waals surface area contributed by atoms with Crippen LogP contribution in [-0.2, 0) is 9.53 Å². The summed E-state index contributed by atoms with van der Waals surface area (Å²) in [6.07, 6.45) is 0.312. The highest BCUT2D eigenvalue weighted by molar-refractivity contribution is 5.92. The van der Waals surface area contributed by atoms with Crippen molar-refractivity contribution in [1.29, 1.82) is 0 Å². The third kappa shape index (κ3) is 3.74. The lowest BCUT2D eigenvalue weighted by atomic mass is 10.0. The fourth-order valence-electron chi connectivity index (χ4n) is 1.63. The molecule has 0 bridgehead atoms. The lowest BCUT2D eigenvalue weighted by molar-refractivity contribution is -0.121. The number of anilines is 2. The van der Waals surface area contributed by atoms with Crippen LogP contribution in [0.3, 0.4) is 0 Å². The van der Waals surface area contributed by atoms with E-state index in [1.54, 1.807) is 7.11 Å². The van der Waals surface area contributed by atoms with E-state index in [2.05, 4.69) is 5.32 Å². The van der Waals surface area contributed by atoms with E-state index in [1.165, 1.54) is 0 Å². The second-order valence-corrected chi connectivity index (χ2v) is 5.21. The van der Waals surface area contributed by atoms with E-state index in [0.29, 0.717) is 6.42 Å². The van der Waals surface area contributed by atoms with Crippen LogP contribution in [0.25, 0.3) is 0 Å². The third-order valence-electron chi connectivity index (χ3n) is 3.03. The first kappa shape index (κ1) is 14.5. The summed E-state index contributed by atoms with van der Waals surface area (Å²) < 4.78 is 5.24. The zero-order valence-electron chi connectivity index (χ0n) is 11.8. The van der Waals surface area contributed by atoms with Crippen LogP contribution in [0.1, 0.15) is 31.4 Å². The Morgan fingerprint density at radius 3 is 2.50 bits per heavy atom. The maximum Gasteiger partial charge on any atom is 0.227 e. The molecule has 0 unspecified atom stereocenters. The Bertz CT molecular complexity index is 453. The molecule has 0 aliphatic heterocycles. The Balaban J connectivity index is 2.80. The highest BCUT2D eigenvalue weighted by Crippen LogP contribution is 2.23. The van der Waals surface area contributed by atoms with Crippen LogP contribution in [-0.4, -0.2) is 18.6 Å². The highest BCUT2D eigenvalue weighted by atomic mass is 16.5. The summed E-state index contributed by atoms with van der Waals surface area (Å²) in [6, 6.07) is 3.76. The minimum atomic E-state index is -0.457. The molecule has 1 aromatic carbocycles. The van der Waals surface area contributed by atoms with Gasteiger partial charge in [-0.2, -0.15) is 0 Å². The van der Waals surface area contributed by atoms with Crippen molar-refractivity contribution < 1.29 is 9.53 Å². The monoisotopic (exact) mass is 250 g/mol. The Hall–Kier alpha value is -1.55. The SMILES string of the molecule is COC(C)(C)CC(=O)Nc1cc(C)c(N)cc1C. The topological polar surface area (TPSA) is 64.3 Å². The molecule has 4 nitrogen and oxygen atoms in total. The molecule has 0 aromatic heterocycles. The van der Waals surface area contributed by atoms with Crippen molar-refractivity contribution >= 4 is 17.3 Å². The van der Waals surface area contributed by atoms with E-state index in [4.69, 9.17) is 10.5 Å². The fraction of sp³-hybridized carbons (Fsp3) is 0.500. The van der Waals surface area contributed by atoms with Gasteiger partial charge in [-0.05, 0) is 51.0 Å². The molecule has 4 heteroatoms. The van der Waals surface area contributed by atoms with Crippen molar-refractivity contribution in [2.75, 3.05) is 18.2 Å². The minimum absolute atomic E-state index is 0.0610. The van der Waals surface area contributed by atoms with Crippen molar-refractivity contribution in [2.24, 2.45) is 0 Å². The number of methoxy groups -OCH3 is 1. The molecule has 0 saturated heterocycles. The lowest BCUT2D eigenvalue weighted by Crippen LogP contribution is -2.29. The molecule has 18 heavy (non-hydrogen) atoms. The van der Waals surface area contributed by atoms with Gasteiger partial charge >= 0.3 is 0 Å². The number of carbonyl (C=O) groups is 1. The van der Waals surface area contributed by atoms with Gasteiger partial charge in [0.2, 0.25) is 5.91 Å². The van der Waals surface area contributed by atoms with Gasteiger partial charge in [0.05, 0.1) is 12.0 Å². The molecule has 0 saturated carbocycles. The number of aryl methyl sites for hydroxylation is 2. The van der Waals surface area contributed by atoms with Crippen molar-refractivity contribution in [3.8, 4) is 0 Å². The fourth-order valence-corrected chi connectivity index (χ4v) is 1.63. The summed E-state index contributed by atoms with van der Waals surface area (Å²) in [7, 11) is 1.60. The van der Waals surface area contributed by atoms with Crippen LogP contribution in [0.5, 0.6) is 0 Å². The van der Waals surface area contributed by atoms with E-state index < -0.39 is 5.60 Å². The van der Waals surface area contributed by atoms with Crippen LogP contribution in [0.15, 0.2) is 12.1 Å². The Kier molecular flexibility index (Phi) is 4.35. The summed E-state index contributed by atoms with van der Waals surface area (Å²) in [4.78, 5) is 11.9. The summed E-state index contributed by atoms with van der Waals surface area (Å²) >= 11 is 0. The number of amides is 1. The highest BCUT2D eigenvalue weighted by Gasteiger charge is 2.21. The first-order chi connectivity index (χ1) is 8.25. The maximum absolute atomic E-state index is 11.9. The second kappa shape index (κ2) is 5.40. The predicted octanol–water partition coefficient (Wildman–Crippen LogP) is 2.64. The molecule has 100 valence electrons. The number of nitrogens with two attached hydrogens (primary N) is 1. The van der Waals surface area contributed by atoms with Crippen LogP contribution >= 0.6 is 0 Å². The largest absolute Gasteiger partial charge is 0.399 e. The van der Waals surface area contributed by atoms with E-state index in [-0.39, 0.29) is 5.91 Å². The number of nitrogen functional groups attached to an aromatic ring is 1. The van der Waals surface area contributed by atoms with E-state index in [0.717, 1.165) is 22.5 Å².